The second-order valence-corrected chi connectivity index (χ2v) is 11.6. The molecule has 2 aromatic rings. The molecule has 2 unspecified atom stereocenters. The highest BCUT2D eigenvalue weighted by molar-refractivity contribution is 8.00. The van der Waals surface area contributed by atoms with E-state index in [4.69, 9.17) is 18.9 Å². The van der Waals surface area contributed by atoms with Crippen LogP contribution in [-0.4, -0.2) is 74.6 Å². The van der Waals surface area contributed by atoms with E-state index in [-0.39, 0.29) is 13.2 Å². The smallest absolute Gasteiger partial charge is 0.330 e. The summed E-state index contributed by atoms with van der Waals surface area (Å²) >= 11 is 6.56. The Morgan fingerprint density at radius 2 is 1.03 bits per heavy atom. The average Bonchev–Trinajstić information content (AvgIpc) is 2.96. The van der Waals surface area contributed by atoms with E-state index in [9.17, 15) is 9.59 Å². The van der Waals surface area contributed by atoms with Crippen molar-refractivity contribution >= 4 is 59.0 Å². The maximum Gasteiger partial charge on any atom is 0.330 e. The zero-order chi connectivity index (χ0) is 27.6. The third-order valence-electron chi connectivity index (χ3n) is 4.87. The van der Waals surface area contributed by atoms with E-state index < -0.39 is 24.1 Å². The number of benzene rings is 2. The van der Waals surface area contributed by atoms with Crippen molar-refractivity contribution in [3.8, 4) is 0 Å². The minimum Gasteiger partial charge on any atom is -0.456 e. The molecule has 6 nitrogen and oxygen atoms in total. The van der Waals surface area contributed by atoms with Crippen LogP contribution in [0.4, 0.5) is 0 Å². The lowest BCUT2D eigenvalue weighted by Crippen LogP contribution is -2.28. The van der Waals surface area contributed by atoms with E-state index in [0.29, 0.717) is 24.7 Å². The van der Waals surface area contributed by atoms with Crippen LogP contribution in [0.2, 0.25) is 0 Å². The van der Waals surface area contributed by atoms with Crippen molar-refractivity contribution in [3.63, 3.8) is 0 Å². The van der Waals surface area contributed by atoms with E-state index in [1.54, 1.807) is 47.0 Å². The topological polar surface area (TPSA) is 71.1 Å². The van der Waals surface area contributed by atoms with E-state index in [2.05, 4.69) is 37.4 Å². The molecule has 0 heterocycles. The quantitative estimate of drug-likeness (QED) is 0.0807. The van der Waals surface area contributed by atoms with Gasteiger partial charge in [0.1, 0.15) is 12.2 Å². The van der Waals surface area contributed by atoms with E-state index >= 15 is 0 Å². The standard InChI is InChI=1S/C28H34O6S4/c1-5-27(29)33-21(19-37-25-11-7-23(35-3)8-12-25)17-31-15-16-32-18-22(34-28(30)6-2)20-38-26-13-9-24(36-4)10-14-26/h5-14,21-22H,1-2,15-20H2,3-4H3. The van der Waals surface area contributed by atoms with Crippen LogP contribution in [0.15, 0.2) is 93.4 Å². The molecule has 0 aliphatic carbocycles. The highest BCUT2D eigenvalue weighted by Crippen LogP contribution is 2.24. The third kappa shape index (κ3) is 13.3. The molecule has 10 heteroatoms. The zero-order valence-electron chi connectivity index (χ0n) is 21.7. The summed E-state index contributed by atoms with van der Waals surface area (Å²) in [6, 6.07) is 16.4. The molecular weight excluding hydrogens is 561 g/mol. The maximum atomic E-state index is 11.8. The van der Waals surface area contributed by atoms with Crippen molar-refractivity contribution < 1.29 is 28.5 Å². The van der Waals surface area contributed by atoms with Crippen LogP contribution >= 0.6 is 47.0 Å². The normalized spacial score (nSPS) is 12.4. The Hall–Kier alpha value is -1.82. The molecule has 2 rings (SSSR count). The van der Waals surface area contributed by atoms with Gasteiger partial charge in [0.2, 0.25) is 0 Å². The lowest BCUT2D eigenvalue weighted by atomic mass is 10.4. The number of ether oxygens (including phenoxy) is 4. The predicted molar refractivity (Wildman–Crippen MR) is 160 cm³/mol. The maximum absolute atomic E-state index is 11.8. The van der Waals surface area contributed by atoms with E-state index in [1.807, 2.05) is 36.8 Å². The Bertz CT molecular complexity index is 916. The van der Waals surface area contributed by atoms with Gasteiger partial charge in [0, 0.05) is 43.2 Å². The molecule has 0 saturated carbocycles. The summed E-state index contributed by atoms with van der Waals surface area (Å²) in [6.45, 7) is 8.01. The summed E-state index contributed by atoms with van der Waals surface area (Å²) in [5, 5.41) is 0. The first-order valence-corrected chi connectivity index (χ1v) is 16.2. The lowest BCUT2D eigenvalue weighted by molar-refractivity contribution is -0.147. The van der Waals surface area contributed by atoms with Gasteiger partial charge in [0.25, 0.3) is 0 Å². The Kier molecular flexibility index (Phi) is 16.4. The summed E-state index contributed by atoms with van der Waals surface area (Å²) in [7, 11) is 0. The summed E-state index contributed by atoms with van der Waals surface area (Å²) < 4.78 is 22.3. The van der Waals surface area contributed by atoms with Crippen molar-refractivity contribution in [1.29, 1.82) is 0 Å². The number of carbonyl (C=O) groups excluding carboxylic acids is 2. The van der Waals surface area contributed by atoms with Gasteiger partial charge >= 0.3 is 11.9 Å². The fourth-order valence-corrected chi connectivity index (χ4v) is 5.49. The first-order chi connectivity index (χ1) is 18.5. The van der Waals surface area contributed by atoms with Crippen LogP contribution in [0.5, 0.6) is 0 Å². The first kappa shape index (κ1) is 32.4. The summed E-state index contributed by atoms with van der Waals surface area (Å²) in [5.74, 6) is 0.128. The van der Waals surface area contributed by atoms with Gasteiger partial charge in [0.05, 0.1) is 26.4 Å². The van der Waals surface area contributed by atoms with Crippen LogP contribution in [0.25, 0.3) is 0 Å². The molecule has 2 atom stereocenters. The van der Waals surface area contributed by atoms with Crippen molar-refractivity contribution in [1.82, 2.24) is 0 Å². The SMILES string of the molecule is C=CC(=O)OC(COCCOCC(CSc1ccc(SC)cc1)OC(=O)C=C)CSc1ccc(SC)cc1. The molecule has 0 saturated heterocycles. The molecule has 206 valence electrons. The van der Waals surface area contributed by atoms with Gasteiger partial charge in [-0.3, -0.25) is 0 Å². The van der Waals surface area contributed by atoms with E-state index in [0.717, 1.165) is 21.9 Å². The van der Waals surface area contributed by atoms with Gasteiger partial charge in [-0.1, -0.05) is 13.2 Å². The van der Waals surface area contributed by atoms with Gasteiger partial charge in [0.15, 0.2) is 0 Å². The molecule has 0 spiro atoms. The lowest BCUT2D eigenvalue weighted by Gasteiger charge is -2.18. The minimum absolute atomic E-state index is 0.232. The first-order valence-electron chi connectivity index (χ1n) is 11.8. The molecule has 2 aromatic carbocycles. The molecule has 0 aliphatic rings. The second-order valence-electron chi connectivity index (χ2n) is 7.65. The summed E-state index contributed by atoms with van der Waals surface area (Å²) in [5.41, 5.74) is 0. The Morgan fingerprint density at radius 3 is 1.34 bits per heavy atom. The fourth-order valence-electron chi connectivity index (χ4n) is 2.93. The number of carbonyl (C=O) groups is 2. The third-order valence-corrected chi connectivity index (χ3v) is 8.64. The van der Waals surface area contributed by atoms with Crippen LogP contribution < -0.4 is 0 Å². The van der Waals surface area contributed by atoms with Gasteiger partial charge in [-0.25, -0.2) is 9.59 Å². The number of thioether (sulfide) groups is 4. The molecule has 0 N–H and O–H groups in total. The van der Waals surface area contributed by atoms with Crippen LogP contribution in [0.3, 0.4) is 0 Å². The monoisotopic (exact) mass is 594 g/mol. The number of rotatable bonds is 19. The molecular formula is C28H34O6S4. The minimum atomic E-state index is -0.486. The van der Waals surface area contributed by atoms with Crippen LogP contribution in [0, 0.1) is 0 Å². The van der Waals surface area contributed by atoms with E-state index in [1.165, 1.54) is 9.79 Å². The molecule has 0 bridgehead atoms. The largest absolute Gasteiger partial charge is 0.456 e. The second kappa shape index (κ2) is 19.3. The van der Waals surface area contributed by atoms with Crippen LogP contribution in [0.1, 0.15) is 0 Å². The van der Waals surface area contributed by atoms with Crippen molar-refractivity contribution in [3.05, 3.63) is 73.8 Å². The molecule has 38 heavy (non-hydrogen) atoms. The molecule has 0 radical (unpaired) electrons. The van der Waals surface area contributed by atoms with Gasteiger partial charge in [-0.2, -0.15) is 0 Å². The highest BCUT2D eigenvalue weighted by atomic mass is 32.2. The molecule has 0 fully saturated rings. The highest BCUT2D eigenvalue weighted by Gasteiger charge is 2.16. The molecule has 0 amide bonds. The molecule has 0 aromatic heterocycles. The number of hydrogen-bond donors (Lipinski definition) is 0. The number of esters is 2. The van der Waals surface area contributed by atoms with Crippen LogP contribution in [-0.2, 0) is 28.5 Å². The zero-order valence-corrected chi connectivity index (χ0v) is 24.9. The van der Waals surface area contributed by atoms with Crippen molar-refractivity contribution in [2.45, 2.75) is 31.8 Å². The van der Waals surface area contributed by atoms with Crippen molar-refractivity contribution in [2.75, 3.05) is 50.4 Å². The Labute approximate surface area is 242 Å². The predicted octanol–water partition coefficient (Wildman–Crippen LogP) is 6.24. The molecule has 0 aliphatic heterocycles. The van der Waals surface area contributed by atoms with Crippen molar-refractivity contribution in [2.24, 2.45) is 0 Å². The summed E-state index contributed by atoms with van der Waals surface area (Å²) in [6.07, 6.45) is 5.50. The van der Waals surface area contributed by atoms with Gasteiger partial charge in [-0.15, -0.1) is 47.0 Å². The Morgan fingerprint density at radius 1 is 0.684 bits per heavy atom. The van der Waals surface area contributed by atoms with Gasteiger partial charge < -0.3 is 18.9 Å². The fraction of sp³-hybridized carbons (Fsp3) is 0.357. The number of hydrogen-bond acceptors (Lipinski definition) is 10. The summed E-state index contributed by atoms with van der Waals surface area (Å²) in [4.78, 5) is 28.1. The average molecular weight is 595 g/mol. The van der Waals surface area contributed by atoms with Gasteiger partial charge in [-0.05, 0) is 61.0 Å². The Balaban J connectivity index is 1.75.